The van der Waals surface area contributed by atoms with Crippen molar-refractivity contribution in [2.45, 2.75) is 39.7 Å². The van der Waals surface area contributed by atoms with Crippen LogP contribution in [-0.4, -0.2) is 31.6 Å². The summed E-state index contributed by atoms with van der Waals surface area (Å²) in [5.41, 5.74) is 2.97. The number of carbonyl (C=O) groups excluding carboxylic acids is 1. The maximum Gasteiger partial charge on any atom is 0.159 e. The molecule has 4 nitrogen and oxygen atoms in total. The number of anilines is 1. The highest BCUT2D eigenvalue weighted by Crippen LogP contribution is 2.34. The fourth-order valence-corrected chi connectivity index (χ4v) is 3.26. The molecule has 1 aliphatic rings. The Morgan fingerprint density at radius 1 is 1.23 bits per heavy atom. The molecule has 0 aromatic heterocycles. The molecule has 0 amide bonds. The first-order valence-electron chi connectivity index (χ1n) is 9.29. The minimum atomic E-state index is 0.0814. The van der Waals surface area contributed by atoms with Crippen LogP contribution >= 0.6 is 0 Å². The summed E-state index contributed by atoms with van der Waals surface area (Å²) in [6.07, 6.45) is 2.16. The molecule has 4 heteroatoms. The molecule has 0 N–H and O–H groups in total. The molecule has 26 heavy (non-hydrogen) atoms. The predicted octanol–water partition coefficient (Wildman–Crippen LogP) is 4.64. The van der Waals surface area contributed by atoms with Crippen molar-refractivity contribution in [3.05, 3.63) is 53.6 Å². The van der Waals surface area contributed by atoms with Crippen LogP contribution in [-0.2, 0) is 0 Å². The van der Waals surface area contributed by atoms with E-state index in [1.54, 1.807) is 6.92 Å². The van der Waals surface area contributed by atoms with Gasteiger partial charge >= 0.3 is 0 Å². The molecular weight excluding hydrogens is 326 g/mol. The van der Waals surface area contributed by atoms with Gasteiger partial charge in [0.05, 0.1) is 18.8 Å². The van der Waals surface area contributed by atoms with E-state index in [0.717, 1.165) is 48.7 Å². The van der Waals surface area contributed by atoms with Crippen LogP contribution in [0.4, 0.5) is 5.69 Å². The second-order valence-electron chi connectivity index (χ2n) is 6.99. The first-order valence-corrected chi connectivity index (χ1v) is 9.29. The van der Waals surface area contributed by atoms with Crippen LogP contribution in [0.25, 0.3) is 0 Å². The quantitative estimate of drug-likeness (QED) is 0.537. The lowest BCUT2D eigenvalue weighted by Gasteiger charge is -2.35. The number of fused-ring (bicyclic) bond motifs is 1. The average molecular weight is 353 g/mol. The van der Waals surface area contributed by atoms with E-state index in [0.29, 0.717) is 6.61 Å². The summed E-state index contributed by atoms with van der Waals surface area (Å²) in [5.74, 6) is 1.88. The summed E-state index contributed by atoms with van der Waals surface area (Å²) in [6, 6.07) is 13.8. The Bertz CT molecular complexity index is 772. The van der Waals surface area contributed by atoms with E-state index in [2.05, 4.69) is 30.9 Å². The van der Waals surface area contributed by atoms with E-state index < -0.39 is 0 Å². The fraction of sp³-hybridized carbons (Fsp3) is 0.409. The lowest BCUT2D eigenvalue weighted by molar-refractivity contribution is 0.101. The topological polar surface area (TPSA) is 38.8 Å². The minimum Gasteiger partial charge on any atom is -0.494 e. The summed E-state index contributed by atoms with van der Waals surface area (Å²) >= 11 is 0. The van der Waals surface area contributed by atoms with E-state index in [1.807, 2.05) is 30.3 Å². The number of ether oxygens (including phenoxy) is 2. The van der Waals surface area contributed by atoms with Gasteiger partial charge < -0.3 is 14.4 Å². The number of aryl methyl sites for hydroxylation is 1. The number of Topliss-reactive ketones (excluding diaryl/α,β-unsaturated/α-hetero) is 1. The third-order valence-corrected chi connectivity index (χ3v) is 4.59. The number of hydrogen-bond donors (Lipinski definition) is 0. The third kappa shape index (κ3) is 4.57. The zero-order valence-corrected chi connectivity index (χ0v) is 15.8. The Hall–Kier alpha value is -2.49. The average Bonchev–Trinajstić information content (AvgIpc) is 2.60. The van der Waals surface area contributed by atoms with Crippen LogP contribution < -0.4 is 14.4 Å². The van der Waals surface area contributed by atoms with Gasteiger partial charge in [0.15, 0.2) is 5.78 Å². The first-order chi connectivity index (χ1) is 12.5. The molecule has 0 fully saturated rings. The Balaban J connectivity index is 1.55. The number of ketones is 1. The molecule has 1 aliphatic heterocycles. The second kappa shape index (κ2) is 8.26. The van der Waals surface area contributed by atoms with E-state index >= 15 is 0 Å². The fourth-order valence-electron chi connectivity index (χ4n) is 3.26. The summed E-state index contributed by atoms with van der Waals surface area (Å²) in [4.78, 5) is 14.0. The van der Waals surface area contributed by atoms with Crippen molar-refractivity contribution in [1.82, 2.24) is 0 Å². The summed E-state index contributed by atoms with van der Waals surface area (Å²) in [6.45, 7) is 8.23. The van der Waals surface area contributed by atoms with Gasteiger partial charge in [0, 0.05) is 12.1 Å². The van der Waals surface area contributed by atoms with Gasteiger partial charge in [0.2, 0.25) is 0 Å². The summed E-state index contributed by atoms with van der Waals surface area (Å²) in [7, 11) is 0. The number of hydrogen-bond acceptors (Lipinski definition) is 4. The largest absolute Gasteiger partial charge is 0.494 e. The van der Waals surface area contributed by atoms with Crippen molar-refractivity contribution in [3.63, 3.8) is 0 Å². The highest BCUT2D eigenvalue weighted by atomic mass is 16.5. The zero-order valence-electron chi connectivity index (χ0n) is 15.8. The van der Waals surface area contributed by atoms with Crippen molar-refractivity contribution in [2.75, 3.05) is 24.6 Å². The highest BCUT2D eigenvalue weighted by molar-refractivity contribution is 5.95. The molecule has 0 saturated heterocycles. The van der Waals surface area contributed by atoms with Gasteiger partial charge in [-0.25, -0.2) is 0 Å². The van der Waals surface area contributed by atoms with Crippen LogP contribution in [0.2, 0.25) is 0 Å². The van der Waals surface area contributed by atoms with Gasteiger partial charge in [0.1, 0.15) is 17.6 Å². The van der Waals surface area contributed by atoms with Gasteiger partial charge in [-0.2, -0.15) is 0 Å². The van der Waals surface area contributed by atoms with Crippen molar-refractivity contribution in [2.24, 2.45) is 0 Å². The van der Waals surface area contributed by atoms with Gasteiger partial charge in [-0.15, -0.1) is 0 Å². The SMILES string of the molecule is CC(=O)c1ccc2c(c1)N(CCCCOc1cccc(C)c1)CC(C)O2. The van der Waals surface area contributed by atoms with Crippen LogP contribution in [0.3, 0.4) is 0 Å². The Morgan fingerprint density at radius 2 is 2.08 bits per heavy atom. The van der Waals surface area contributed by atoms with Gasteiger partial charge in [-0.1, -0.05) is 12.1 Å². The van der Waals surface area contributed by atoms with Crippen molar-refractivity contribution < 1.29 is 14.3 Å². The van der Waals surface area contributed by atoms with E-state index in [-0.39, 0.29) is 11.9 Å². The molecule has 3 rings (SSSR count). The number of carbonyl (C=O) groups is 1. The molecule has 138 valence electrons. The molecule has 1 unspecified atom stereocenters. The maximum atomic E-state index is 11.7. The van der Waals surface area contributed by atoms with E-state index in [9.17, 15) is 4.79 Å². The molecule has 0 saturated carbocycles. The molecular formula is C22H27NO3. The number of unbranched alkanes of at least 4 members (excludes halogenated alkanes) is 1. The Kier molecular flexibility index (Phi) is 5.82. The van der Waals surface area contributed by atoms with Gasteiger partial charge in [-0.3, -0.25) is 4.79 Å². The highest BCUT2D eigenvalue weighted by Gasteiger charge is 2.23. The molecule has 0 radical (unpaired) electrons. The normalized spacial score (nSPS) is 16.0. The van der Waals surface area contributed by atoms with Crippen molar-refractivity contribution >= 4 is 11.5 Å². The summed E-state index contributed by atoms with van der Waals surface area (Å²) in [5, 5.41) is 0. The number of benzene rings is 2. The Morgan fingerprint density at radius 3 is 2.85 bits per heavy atom. The second-order valence-corrected chi connectivity index (χ2v) is 6.99. The van der Waals surface area contributed by atoms with Gasteiger partial charge in [-0.05, 0) is 69.5 Å². The smallest absolute Gasteiger partial charge is 0.159 e. The maximum absolute atomic E-state index is 11.7. The van der Waals surface area contributed by atoms with Crippen LogP contribution in [0.1, 0.15) is 42.6 Å². The lowest BCUT2D eigenvalue weighted by atomic mass is 10.1. The van der Waals surface area contributed by atoms with E-state index in [1.165, 1.54) is 5.56 Å². The van der Waals surface area contributed by atoms with Crippen molar-refractivity contribution in [1.29, 1.82) is 0 Å². The Labute approximate surface area is 155 Å². The van der Waals surface area contributed by atoms with Crippen molar-refractivity contribution in [3.8, 4) is 11.5 Å². The van der Waals surface area contributed by atoms with Gasteiger partial charge in [0.25, 0.3) is 0 Å². The molecule has 0 bridgehead atoms. The third-order valence-electron chi connectivity index (χ3n) is 4.59. The lowest BCUT2D eigenvalue weighted by Crippen LogP contribution is -2.39. The molecule has 1 heterocycles. The number of nitrogens with zero attached hydrogens (tertiary/aromatic N) is 1. The first kappa shape index (κ1) is 18.3. The number of rotatable bonds is 7. The molecule has 0 aliphatic carbocycles. The molecule has 1 atom stereocenters. The zero-order chi connectivity index (χ0) is 18.5. The standard InChI is InChI=1S/C22H27NO3/c1-16-7-6-8-20(13-16)25-12-5-4-11-23-15-17(2)26-22-10-9-19(18(3)24)14-21(22)23/h6-10,13-14,17H,4-5,11-12,15H2,1-3H3. The minimum absolute atomic E-state index is 0.0814. The predicted molar refractivity (Wildman–Crippen MR) is 105 cm³/mol. The monoisotopic (exact) mass is 353 g/mol. The van der Waals surface area contributed by atoms with Crippen LogP contribution in [0.5, 0.6) is 11.5 Å². The molecule has 2 aromatic carbocycles. The molecule has 0 spiro atoms. The van der Waals surface area contributed by atoms with Crippen LogP contribution in [0, 0.1) is 6.92 Å². The van der Waals surface area contributed by atoms with E-state index in [4.69, 9.17) is 9.47 Å². The molecule has 2 aromatic rings. The summed E-state index contributed by atoms with van der Waals surface area (Å²) < 4.78 is 11.7. The van der Waals surface area contributed by atoms with Crippen LogP contribution in [0.15, 0.2) is 42.5 Å².